The summed E-state index contributed by atoms with van der Waals surface area (Å²) >= 11 is 1.38. The molecular formula is C18H17N3O3S. The SMILES string of the molecule is COc1ccccc1-c1cc(CNC(=O)CSc2ccccn2)on1. The third-order valence-corrected chi connectivity index (χ3v) is 4.33. The normalized spacial score (nSPS) is 10.4. The summed E-state index contributed by atoms with van der Waals surface area (Å²) in [6, 6.07) is 15.0. The predicted octanol–water partition coefficient (Wildman–Crippen LogP) is 3.15. The van der Waals surface area contributed by atoms with E-state index in [2.05, 4.69) is 15.5 Å². The van der Waals surface area contributed by atoms with Gasteiger partial charge in [0, 0.05) is 17.8 Å². The first-order valence-corrected chi connectivity index (χ1v) is 8.64. The van der Waals surface area contributed by atoms with E-state index in [0.29, 0.717) is 17.2 Å². The Bertz CT molecular complexity index is 836. The number of nitrogens with zero attached hydrogens (tertiary/aromatic N) is 2. The molecular weight excluding hydrogens is 338 g/mol. The van der Waals surface area contributed by atoms with Gasteiger partial charge in [0.2, 0.25) is 5.91 Å². The monoisotopic (exact) mass is 355 g/mol. The maximum atomic E-state index is 11.9. The predicted molar refractivity (Wildman–Crippen MR) is 95.3 cm³/mol. The molecule has 0 atom stereocenters. The Labute approximate surface area is 149 Å². The maximum Gasteiger partial charge on any atom is 0.230 e. The largest absolute Gasteiger partial charge is 0.496 e. The summed E-state index contributed by atoms with van der Waals surface area (Å²) in [4.78, 5) is 16.1. The van der Waals surface area contributed by atoms with Gasteiger partial charge in [0.25, 0.3) is 0 Å². The molecule has 2 aromatic heterocycles. The van der Waals surface area contributed by atoms with E-state index in [4.69, 9.17) is 9.26 Å². The molecule has 3 aromatic rings. The van der Waals surface area contributed by atoms with E-state index < -0.39 is 0 Å². The summed E-state index contributed by atoms with van der Waals surface area (Å²) in [5.41, 5.74) is 1.52. The van der Waals surface area contributed by atoms with Crippen LogP contribution < -0.4 is 10.1 Å². The first-order valence-electron chi connectivity index (χ1n) is 7.66. The van der Waals surface area contributed by atoms with Crippen LogP contribution in [0, 0.1) is 0 Å². The quantitative estimate of drug-likeness (QED) is 0.656. The van der Waals surface area contributed by atoms with Crippen molar-refractivity contribution in [2.45, 2.75) is 11.6 Å². The van der Waals surface area contributed by atoms with Crippen LogP contribution >= 0.6 is 11.8 Å². The summed E-state index contributed by atoms with van der Waals surface area (Å²) in [5, 5.41) is 7.67. The fraction of sp³-hybridized carbons (Fsp3) is 0.167. The lowest BCUT2D eigenvalue weighted by Gasteiger charge is -2.04. The van der Waals surface area contributed by atoms with Crippen LogP contribution in [0.3, 0.4) is 0 Å². The molecule has 0 radical (unpaired) electrons. The van der Waals surface area contributed by atoms with Gasteiger partial charge < -0.3 is 14.6 Å². The molecule has 0 spiro atoms. The number of benzene rings is 1. The van der Waals surface area contributed by atoms with Crippen LogP contribution in [0.2, 0.25) is 0 Å². The number of carbonyl (C=O) groups is 1. The van der Waals surface area contributed by atoms with Crippen molar-refractivity contribution in [3.05, 3.63) is 60.5 Å². The van der Waals surface area contributed by atoms with Crippen LogP contribution in [0.4, 0.5) is 0 Å². The van der Waals surface area contributed by atoms with Crippen LogP contribution in [0.15, 0.2) is 64.3 Å². The number of thioether (sulfide) groups is 1. The van der Waals surface area contributed by atoms with Crippen molar-refractivity contribution < 1.29 is 14.1 Å². The zero-order valence-corrected chi connectivity index (χ0v) is 14.5. The number of aromatic nitrogens is 2. The van der Waals surface area contributed by atoms with E-state index in [1.807, 2.05) is 42.5 Å². The minimum atomic E-state index is -0.0918. The van der Waals surface area contributed by atoms with Crippen molar-refractivity contribution in [3.8, 4) is 17.0 Å². The highest BCUT2D eigenvalue weighted by Gasteiger charge is 2.12. The van der Waals surface area contributed by atoms with Crippen LogP contribution in [-0.2, 0) is 11.3 Å². The van der Waals surface area contributed by atoms with E-state index in [1.165, 1.54) is 11.8 Å². The Hall–Kier alpha value is -2.80. The fourth-order valence-corrected chi connectivity index (χ4v) is 2.88. The fourth-order valence-electron chi connectivity index (χ4n) is 2.19. The molecule has 0 aliphatic rings. The third-order valence-electron chi connectivity index (χ3n) is 3.39. The highest BCUT2D eigenvalue weighted by molar-refractivity contribution is 7.99. The van der Waals surface area contributed by atoms with E-state index in [1.54, 1.807) is 19.4 Å². The van der Waals surface area contributed by atoms with E-state index in [0.717, 1.165) is 16.3 Å². The van der Waals surface area contributed by atoms with Gasteiger partial charge in [-0.05, 0) is 24.3 Å². The Kier molecular flexibility index (Phi) is 5.69. The molecule has 6 nitrogen and oxygen atoms in total. The van der Waals surface area contributed by atoms with Crippen molar-refractivity contribution >= 4 is 17.7 Å². The number of hydrogen-bond acceptors (Lipinski definition) is 6. The average molecular weight is 355 g/mol. The first-order chi connectivity index (χ1) is 12.3. The minimum absolute atomic E-state index is 0.0918. The first kappa shape index (κ1) is 17.0. The van der Waals surface area contributed by atoms with Crippen LogP contribution in [-0.4, -0.2) is 28.9 Å². The molecule has 1 N–H and O–H groups in total. The second-order valence-electron chi connectivity index (χ2n) is 5.11. The Balaban J connectivity index is 1.54. The van der Waals surface area contributed by atoms with Gasteiger partial charge >= 0.3 is 0 Å². The highest BCUT2D eigenvalue weighted by atomic mass is 32.2. The molecule has 0 aliphatic heterocycles. The zero-order valence-electron chi connectivity index (χ0n) is 13.6. The molecule has 128 valence electrons. The topological polar surface area (TPSA) is 77.2 Å². The molecule has 1 aromatic carbocycles. The lowest BCUT2D eigenvalue weighted by atomic mass is 10.1. The van der Waals surface area contributed by atoms with Crippen molar-refractivity contribution in [1.29, 1.82) is 0 Å². The summed E-state index contributed by atoms with van der Waals surface area (Å²) in [5.74, 6) is 1.51. The highest BCUT2D eigenvalue weighted by Crippen LogP contribution is 2.28. The Morgan fingerprint density at radius 3 is 2.88 bits per heavy atom. The molecule has 0 fully saturated rings. The van der Waals surface area contributed by atoms with E-state index in [9.17, 15) is 4.79 Å². The summed E-state index contributed by atoms with van der Waals surface area (Å²) in [7, 11) is 1.61. The molecule has 25 heavy (non-hydrogen) atoms. The summed E-state index contributed by atoms with van der Waals surface area (Å²) in [6.45, 7) is 0.282. The smallest absolute Gasteiger partial charge is 0.230 e. The second kappa shape index (κ2) is 8.34. The molecule has 1 amide bonds. The average Bonchev–Trinajstić information content (AvgIpc) is 3.14. The number of para-hydroxylation sites is 1. The van der Waals surface area contributed by atoms with Crippen LogP contribution in [0.1, 0.15) is 5.76 Å². The minimum Gasteiger partial charge on any atom is -0.496 e. The van der Waals surface area contributed by atoms with Gasteiger partial charge in [0.15, 0.2) is 5.76 Å². The van der Waals surface area contributed by atoms with Gasteiger partial charge in [0.1, 0.15) is 11.4 Å². The van der Waals surface area contributed by atoms with Gasteiger partial charge in [-0.25, -0.2) is 4.98 Å². The number of methoxy groups -OCH3 is 1. The number of carbonyl (C=O) groups excluding carboxylic acids is 1. The van der Waals surface area contributed by atoms with Crippen molar-refractivity contribution in [3.63, 3.8) is 0 Å². The Morgan fingerprint density at radius 2 is 2.08 bits per heavy atom. The lowest BCUT2D eigenvalue weighted by Crippen LogP contribution is -2.24. The van der Waals surface area contributed by atoms with Gasteiger partial charge in [-0.3, -0.25) is 4.79 Å². The molecule has 0 saturated carbocycles. The molecule has 0 aliphatic carbocycles. The molecule has 0 saturated heterocycles. The Morgan fingerprint density at radius 1 is 1.24 bits per heavy atom. The van der Waals surface area contributed by atoms with Crippen molar-refractivity contribution in [2.24, 2.45) is 0 Å². The van der Waals surface area contributed by atoms with Gasteiger partial charge in [-0.2, -0.15) is 0 Å². The van der Waals surface area contributed by atoms with Gasteiger partial charge in [0.05, 0.1) is 24.4 Å². The molecule has 7 heteroatoms. The number of nitrogens with one attached hydrogen (secondary N) is 1. The van der Waals surface area contributed by atoms with Crippen molar-refractivity contribution in [1.82, 2.24) is 15.5 Å². The summed E-state index contributed by atoms with van der Waals surface area (Å²) < 4.78 is 10.6. The number of pyridine rings is 1. The van der Waals surface area contributed by atoms with E-state index >= 15 is 0 Å². The molecule has 2 heterocycles. The summed E-state index contributed by atoms with van der Waals surface area (Å²) in [6.07, 6.45) is 1.70. The molecule has 0 unspecified atom stereocenters. The number of rotatable bonds is 7. The van der Waals surface area contributed by atoms with Crippen LogP contribution in [0.5, 0.6) is 5.75 Å². The van der Waals surface area contributed by atoms with Gasteiger partial charge in [-0.1, -0.05) is 35.1 Å². The second-order valence-corrected chi connectivity index (χ2v) is 6.11. The number of ether oxygens (including phenoxy) is 1. The lowest BCUT2D eigenvalue weighted by molar-refractivity contribution is -0.118. The standard InChI is InChI=1S/C18H17N3O3S/c1-23-16-7-3-2-6-14(16)15-10-13(24-21-15)11-20-17(22)12-25-18-8-4-5-9-19-18/h2-10H,11-12H2,1H3,(H,20,22). The third kappa shape index (κ3) is 4.60. The molecule has 0 bridgehead atoms. The number of hydrogen-bond donors (Lipinski definition) is 1. The molecule has 3 rings (SSSR count). The van der Waals surface area contributed by atoms with Crippen LogP contribution in [0.25, 0.3) is 11.3 Å². The van der Waals surface area contributed by atoms with Crippen molar-refractivity contribution in [2.75, 3.05) is 12.9 Å². The van der Waals surface area contributed by atoms with Gasteiger partial charge in [-0.15, -0.1) is 0 Å². The number of amides is 1. The van der Waals surface area contributed by atoms with E-state index in [-0.39, 0.29) is 12.5 Å². The zero-order chi connectivity index (χ0) is 17.5. The maximum absolute atomic E-state index is 11.9.